The van der Waals surface area contributed by atoms with Gasteiger partial charge in [0.25, 0.3) is 0 Å². The molecule has 0 bridgehead atoms. The first-order valence-corrected chi connectivity index (χ1v) is 7.13. The Hall–Kier alpha value is -0.0800. The third-order valence-corrected chi connectivity index (χ3v) is 4.65. The summed E-state index contributed by atoms with van der Waals surface area (Å²) in [6, 6.07) is 0.722. The Morgan fingerprint density at radius 1 is 1.31 bits per heavy atom. The Bertz CT molecular complexity index is 219. The number of piperidine rings is 1. The van der Waals surface area contributed by atoms with Crippen LogP contribution in [0, 0.1) is 11.3 Å². The highest BCUT2D eigenvalue weighted by Crippen LogP contribution is 2.58. The van der Waals surface area contributed by atoms with Gasteiger partial charge in [0.1, 0.15) is 0 Å². The van der Waals surface area contributed by atoms with Gasteiger partial charge in [-0.2, -0.15) is 0 Å². The van der Waals surface area contributed by atoms with Crippen molar-refractivity contribution in [3.63, 3.8) is 0 Å². The van der Waals surface area contributed by atoms with E-state index in [1.807, 2.05) is 0 Å². The second-order valence-corrected chi connectivity index (χ2v) is 6.10. The Kier molecular flexibility index (Phi) is 3.91. The molecule has 2 aliphatic rings. The van der Waals surface area contributed by atoms with Crippen LogP contribution in [0.1, 0.15) is 46.5 Å². The fourth-order valence-corrected chi connectivity index (χ4v) is 3.36. The Labute approximate surface area is 101 Å². The van der Waals surface area contributed by atoms with E-state index in [0.29, 0.717) is 0 Å². The summed E-state index contributed by atoms with van der Waals surface area (Å²) in [7, 11) is 0. The van der Waals surface area contributed by atoms with Crippen molar-refractivity contribution in [3.8, 4) is 0 Å². The molecule has 0 radical (unpaired) electrons. The highest BCUT2D eigenvalue weighted by molar-refractivity contribution is 5.05. The van der Waals surface area contributed by atoms with Gasteiger partial charge in [0, 0.05) is 12.6 Å². The molecule has 0 aromatic heterocycles. The minimum absolute atomic E-state index is 0.722. The molecule has 1 saturated heterocycles. The SMILES string of the molecule is CCCN(CC1CC12CCNCC2)C(C)C. The van der Waals surface area contributed by atoms with E-state index in [9.17, 15) is 0 Å². The number of nitrogens with one attached hydrogen (secondary N) is 1. The standard InChI is InChI=1S/C14H28N2/c1-4-9-16(12(2)3)11-13-10-14(13)5-7-15-8-6-14/h12-13,15H,4-11H2,1-3H3. The zero-order chi connectivity index (χ0) is 11.6. The normalized spacial score (nSPS) is 27.9. The molecule has 1 heterocycles. The van der Waals surface area contributed by atoms with E-state index in [0.717, 1.165) is 17.4 Å². The number of rotatable bonds is 5. The summed E-state index contributed by atoms with van der Waals surface area (Å²) in [5.74, 6) is 1.00. The van der Waals surface area contributed by atoms with Gasteiger partial charge in [-0.15, -0.1) is 0 Å². The first kappa shape index (κ1) is 12.4. The number of hydrogen-bond acceptors (Lipinski definition) is 2. The molecule has 94 valence electrons. The molecule has 0 aromatic rings. The predicted molar refractivity (Wildman–Crippen MR) is 69.6 cm³/mol. The highest BCUT2D eigenvalue weighted by Gasteiger charge is 2.53. The molecule has 1 N–H and O–H groups in total. The van der Waals surface area contributed by atoms with E-state index < -0.39 is 0 Å². The topological polar surface area (TPSA) is 15.3 Å². The summed E-state index contributed by atoms with van der Waals surface area (Å²) in [5, 5.41) is 3.49. The van der Waals surface area contributed by atoms with Crippen molar-refractivity contribution in [2.24, 2.45) is 11.3 Å². The van der Waals surface area contributed by atoms with Crippen LogP contribution in [-0.2, 0) is 0 Å². The van der Waals surface area contributed by atoms with Gasteiger partial charge in [-0.1, -0.05) is 6.92 Å². The molecular weight excluding hydrogens is 196 g/mol. The zero-order valence-corrected chi connectivity index (χ0v) is 11.3. The summed E-state index contributed by atoms with van der Waals surface area (Å²) < 4.78 is 0. The van der Waals surface area contributed by atoms with Crippen molar-refractivity contribution in [2.75, 3.05) is 26.2 Å². The molecular formula is C14H28N2. The van der Waals surface area contributed by atoms with Gasteiger partial charge >= 0.3 is 0 Å². The average Bonchev–Trinajstić information content (AvgIpc) is 2.91. The lowest BCUT2D eigenvalue weighted by atomic mass is 9.91. The van der Waals surface area contributed by atoms with E-state index in [-0.39, 0.29) is 0 Å². The van der Waals surface area contributed by atoms with Crippen LogP contribution in [0.3, 0.4) is 0 Å². The molecule has 1 saturated carbocycles. The number of hydrogen-bond donors (Lipinski definition) is 1. The second-order valence-electron chi connectivity index (χ2n) is 6.10. The molecule has 2 nitrogen and oxygen atoms in total. The molecule has 0 aromatic carbocycles. The highest BCUT2D eigenvalue weighted by atomic mass is 15.2. The lowest BCUT2D eigenvalue weighted by Gasteiger charge is -2.29. The Morgan fingerprint density at radius 2 is 2.00 bits per heavy atom. The van der Waals surface area contributed by atoms with Gasteiger partial charge < -0.3 is 10.2 Å². The molecule has 1 atom stereocenters. The first-order chi connectivity index (χ1) is 7.68. The predicted octanol–water partition coefficient (Wildman–Crippen LogP) is 2.50. The van der Waals surface area contributed by atoms with Crippen molar-refractivity contribution >= 4 is 0 Å². The van der Waals surface area contributed by atoms with E-state index in [2.05, 4.69) is 31.0 Å². The summed E-state index contributed by atoms with van der Waals surface area (Å²) >= 11 is 0. The third-order valence-electron chi connectivity index (χ3n) is 4.65. The summed E-state index contributed by atoms with van der Waals surface area (Å²) in [4.78, 5) is 2.68. The molecule has 2 heteroatoms. The summed E-state index contributed by atoms with van der Waals surface area (Å²) in [6.45, 7) is 12.1. The van der Waals surface area contributed by atoms with Crippen molar-refractivity contribution in [3.05, 3.63) is 0 Å². The molecule has 2 fully saturated rings. The van der Waals surface area contributed by atoms with E-state index in [1.165, 1.54) is 51.9 Å². The van der Waals surface area contributed by atoms with Crippen LogP contribution >= 0.6 is 0 Å². The van der Waals surface area contributed by atoms with Gasteiger partial charge in [-0.3, -0.25) is 0 Å². The minimum Gasteiger partial charge on any atom is -0.317 e. The smallest absolute Gasteiger partial charge is 0.00387 e. The largest absolute Gasteiger partial charge is 0.317 e. The maximum atomic E-state index is 3.49. The summed E-state index contributed by atoms with van der Waals surface area (Å²) in [6.07, 6.45) is 5.65. The lowest BCUT2D eigenvalue weighted by molar-refractivity contribution is 0.191. The fraction of sp³-hybridized carbons (Fsp3) is 1.00. The molecule has 1 aliphatic heterocycles. The van der Waals surface area contributed by atoms with Crippen LogP contribution < -0.4 is 5.32 Å². The van der Waals surface area contributed by atoms with Gasteiger partial charge in [-0.25, -0.2) is 0 Å². The Balaban J connectivity index is 1.81. The van der Waals surface area contributed by atoms with Gasteiger partial charge in [-0.05, 0) is 70.5 Å². The van der Waals surface area contributed by atoms with Crippen LogP contribution in [0.4, 0.5) is 0 Å². The lowest BCUT2D eigenvalue weighted by Crippen LogP contribution is -2.36. The van der Waals surface area contributed by atoms with Crippen LogP contribution in [0.15, 0.2) is 0 Å². The maximum Gasteiger partial charge on any atom is 0.00387 e. The molecule has 1 spiro atoms. The monoisotopic (exact) mass is 224 g/mol. The summed E-state index contributed by atoms with van der Waals surface area (Å²) in [5.41, 5.74) is 0.756. The zero-order valence-electron chi connectivity index (χ0n) is 11.3. The van der Waals surface area contributed by atoms with Crippen molar-refractivity contribution in [2.45, 2.75) is 52.5 Å². The van der Waals surface area contributed by atoms with Crippen LogP contribution in [0.2, 0.25) is 0 Å². The van der Waals surface area contributed by atoms with E-state index >= 15 is 0 Å². The minimum atomic E-state index is 0.722. The molecule has 1 aliphatic carbocycles. The molecule has 0 amide bonds. The van der Waals surface area contributed by atoms with Gasteiger partial charge in [0.15, 0.2) is 0 Å². The van der Waals surface area contributed by atoms with Crippen LogP contribution in [-0.4, -0.2) is 37.1 Å². The quantitative estimate of drug-likeness (QED) is 0.772. The molecule has 16 heavy (non-hydrogen) atoms. The third kappa shape index (κ3) is 2.60. The van der Waals surface area contributed by atoms with Crippen molar-refractivity contribution in [1.82, 2.24) is 10.2 Å². The first-order valence-electron chi connectivity index (χ1n) is 7.13. The van der Waals surface area contributed by atoms with Gasteiger partial charge in [0.05, 0.1) is 0 Å². The van der Waals surface area contributed by atoms with Crippen LogP contribution in [0.5, 0.6) is 0 Å². The number of nitrogens with zero attached hydrogens (tertiary/aromatic N) is 1. The van der Waals surface area contributed by atoms with Crippen molar-refractivity contribution < 1.29 is 0 Å². The Morgan fingerprint density at radius 3 is 2.56 bits per heavy atom. The van der Waals surface area contributed by atoms with Crippen LogP contribution in [0.25, 0.3) is 0 Å². The van der Waals surface area contributed by atoms with Crippen molar-refractivity contribution in [1.29, 1.82) is 0 Å². The van der Waals surface area contributed by atoms with Gasteiger partial charge in [0.2, 0.25) is 0 Å². The maximum absolute atomic E-state index is 3.49. The molecule has 2 rings (SSSR count). The van der Waals surface area contributed by atoms with E-state index in [1.54, 1.807) is 0 Å². The average molecular weight is 224 g/mol. The fourth-order valence-electron chi connectivity index (χ4n) is 3.36. The molecule has 1 unspecified atom stereocenters. The second kappa shape index (κ2) is 5.05. The van der Waals surface area contributed by atoms with E-state index in [4.69, 9.17) is 0 Å².